The van der Waals surface area contributed by atoms with Crippen molar-refractivity contribution in [3.8, 4) is 0 Å². The maximum atomic E-state index is 11.0. The molecule has 0 atom stereocenters. The number of pyridine rings is 1. The number of nitro groups is 1. The Morgan fingerprint density at radius 2 is 1.95 bits per heavy atom. The van der Waals surface area contributed by atoms with Gasteiger partial charge < -0.3 is 5.32 Å². The first-order valence-corrected chi connectivity index (χ1v) is 5.98. The van der Waals surface area contributed by atoms with Crippen LogP contribution in [0.2, 0.25) is 0 Å². The molecule has 19 heavy (non-hydrogen) atoms. The topological polar surface area (TPSA) is 68.1 Å². The Hall–Kier alpha value is -2.43. The van der Waals surface area contributed by atoms with Gasteiger partial charge in [0.25, 0.3) is 0 Å². The molecular formula is C14H15N3O2. The van der Waals surface area contributed by atoms with E-state index < -0.39 is 4.92 Å². The molecular weight excluding hydrogens is 242 g/mol. The molecule has 0 fully saturated rings. The molecule has 0 saturated carbocycles. The molecule has 0 saturated heterocycles. The zero-order valence-corrected chi connectivity index (χ0v) is 10.9. The summed E-state index contributed by atoms with van der Waals surface area (Å²) in [5.74, 6) is 0.313. The van der Waals surface area contributed by atoms with Crippen molar-refractivity contribution in [3.05, 3.63) is 63.3 Å². The van der Waals surface area contributed by atoms with Gasteiger partial charge in [0.05, 0.1) is 4.92 Å². The van der Waals surface area contributed by atoms with E-state index in [1.165, 1.54) is 0 Å². The summed E-state index contributed by atoms with van der Waals surface area (Å²) in [6.07, 6.45) is 1.57. The Balaban J connectivity index is 2.23. The number of benzene rings is 1. The molecule has 1 heterocycles. The molecule has 5 heteroatoms. The number of anilines is 1. The minimum absolute atomic E-state index is 0.0380. The largest absolute Gasteiger partial charge is 0.360 e. The van der Waals surface area contributed by atoms with Gasteiger partial charge in [0.15, 0.2) is 0 Å². The van der Waals surface area contributed by atoms with E-state index in [-0.39, 0.29) is 5.69 Å². The molecule has 1 aromatic carbocycles. The molecule has 0 aliphatic heterocycles. The van der Waals surface area contributed by atoms with E-state index in [9.17, 15) is 10.1 Å². The molecule has 0 aliphatic rings. The van der Waals surface area contributed by atoms with Crippen LogP contribution in [0.15, 0.2) is 36.5 Å². The first kappa shape index (κ1) is 13.0. The molecule has 1 N–H and O–H groups in total. The summed E-state index contributed by atoms with van der Waals surface area (Å²) in [4.78, 5) is 14.7. The number of aryl methyl sites for hydroxylation is 2. The van der Waals surface area contributed by atoms with Crippen molar-refractivity contribution in [3.63, 3.8) is 0 Å². The van der Waals surface area contributed by atoms with Gasteiger partial charge in [0.2, 0.25) is 5.82 Å². The monoisotopic (exact) mass is 257 g/mol. The van der Waals surface area contributed by atoms with Crippen molar-refractivity contribution in [2.45, 2.75) is 20.4 Å². The summed E-state index contributed by atoms with van der Waals surface area (Å²) in [5, 5.41) is 14.1. The maximum Gasteiger partial charge on any atom is 0.314 e. The van der Waals surface area contributed by atoms with Crippen LogP contribution >= 0.6 is 0 Å². The van der Waals surface area contributed by atoms with E-state index >= 15 is 0 Å². The fourth-order valence-corrected chi connectivity index (χ4v) is 1.90. The van der Waals surface area contributed by atoms with Gasteiger partial charge in [0.1, 0.15) is 0 Å². The second kappa shape index (κ2) is 5.48. The lowest BCUT2D eigenvalue weighted by Crippen LogP contribution is -2.06. The summed E-state index contributed by atoms with van der Waals surface area (Å²) in [6, 6.07) is 9.55. The van der Waals surface area contributed by atoms with Crippen LogP contribution in [-0.4, -0.2) is 9.91 Å². The van der Waals surface area contributed by atoms with Gasteiger partial charge in [-0.15, -0.1) is 0 Å². The third-order valence-electron chi connectivity index (χ3n) is 3.02. The van der Waals surface area contributed by atoms with Crippen LogP contribution in [0.4, 0.5) is 11.5 Å². The van der Waals surface area contributed by atoms with Crippen LogP contribution < -0.4 is 5.32 Å². The molecule has 0 unspecified atom stereocenters. The third-order valence-corrected chi connectivity index (χ3v) is 3.02. The van der Waals surface area contributed by atoms with Gasteiger partial charge in [-0.25, -0.2) is 4.98 Å². The smallest absolute Gasteiger partial charge is 0.314 e. The summed E-state index contributed by atoms with van der Waals surface area (Å²) >= 11 is 0. The van der Waals surface area contributed by atoms with Gasteiger partial charge in [-0.1, -0.05) is 24.3 Å². The second-order valence-corrected chi connectivity index (χ2v) is 4.36. The van der Waals surface area contributed by atoms with E-state index in [1.54, 1.807) is 19.2 Å². The van der Waals surface area contributed by atoms with Crippen molar-refractivity contribution < 1.29 is 4.92 Å². The number of rotatable bonds is 4. The highest BCUT2D eigenvalue weighted by Gasteiger charge is 2.18. The van der Waals surface area contributed by atoms with Gasteiger partial charge in [-0.2, -0.15) is 0 Å². The van der Waals surface area contributed by atoms with Crippen molar-refractivity contribution in [1.82, 2.24) is 4.98 Å². The zero-order valence-electron chi connectivity index (χ0n) is 10.9. The Morgan fingerprint density at radius 1 is 1.21 bits per heavy atom. The fourth-order valence-electron chi connectivity index (χ4n) is 1.90. The highest BCUT2D eigenvalue weighted by atomic mass is 16.6. The summed E-state index contributed by atoms with van der Waals surface area (Å²) in [5.41, 5.74) is 2.88. The predicted octanol–water partition coefficient (Wildman–Crippen LogP) is 3.22. The molecule has 0 radical (unpaired) electrons. The Bertz CT molecular complexity index is 611. The number of hydrogen-bond acceptors (Lipinski definition) is 4. The summed E-state index contributed by atoms with van der Waals surface area (Å²) < 4.78 is 0. The molecule has 1 aromatic heterocycles. The zero-order chi connectivity index (χ0) is 13.8. The van der Waals surface area contributed by atoms with Gasteiger partial charge >= 0.3 is 5.69 Å². The van der Waals surface area contributed by atoms with Crippen LogP contribution in [-0.2, 0) is 6.54 Å². The van der Waals surface area contributed by atoms with E-state index in [1.807, 2.05) is 31.2 Å². The molecule has 0 bridgehead atoms. The molecule has 2 aromatic rings. The summed E-state index contributed by atoms with van der Waals surface area (Å²) in [6.45, 7) is 4.23. The van der Waals surface area contributed by atoms with Gasteiger partial charge in [-0.05, 0) is 31.0 Å². The fraction of sp³-hybridized carbons (Fsp3) is 0.214. The first-order valence-electron chi connectivity index (χ1n) is 5.98. The van der Waals surface area contributed by atoms with Crippen LogP contribution in [0.1, 0.15) is 16.7 Å². The van der Waals surface area contributed by atoms with Gasteiger partial charge in [-0.3, -0.25) is 10.1 Å². The van der Waals surface area contributed by atoms with Crippen LogP contribution in [0, 0.1) is 24.0 Å². The van der Waals surface area contributed by atoms with Crippen molar-refractivity contribution in [2.24, 2.45) is 0 Å². The number of hydrogen-bond donors (Lipinski definition) is 1. The van der Waals surface area contributed by atoms with E-state index in [0.717, 1.165) is 11.1 Å². The Labute approximate surface area is 111 Å². The van der Waals surface area contributed by atoms with Crippen LogP contribution in [0.3, 0.4) is 0 Å². The highest BCUT2D eigenvalue weighted by Crippen LogP contribution is 2.26. The van der Waals surface area contributed by atoms with Crippen molar-refractivity contribution in [1.29, 1.82) is 0 Å². The number of nitrogens with zero attached hydrogens (tertiary/aromatic N) is 2. The van der Waals surface area contributed by atoms with E-state index in [0.29, 0.717) is 17.9 Å². The number of nitrogens with one attached hydrogen (secondary N) is 1. The normalized spacial score (nSPS) is 10.2. The Morgan fingerprint density at radius 3 is 2.63 bits per heavy atom. The average Bonchev–Trinajstić information content (AvgIpc) is 2.37. The van der Waals surface area contributed by atoms with Crippen LogP contribution in [0.25, 0.3) is 0 Å². The van der Waals surface area contributed by atoms with Crippen molar-refractivity contribution >= 4 is 11.5 Å². The van der Waals surface area contributed by atoms with E-state index in [2.05, 4.69) is 10.3 Å². The van der Waals surface area contributed by atoms with Gasteiger partial charge in [0, 0.05) is 18.3 Å². The number of aromatic nitrogens is 1. The summed E-state index contributed by atoms with van der Waals surface area (Å²) in [7, 11) is 0. The molecule has 0 spiro atoms. The quantitative estimate of drug-likeness (QED) is 0.674. The minimum atomic E-state index is -0.400. The molecule has 5 nitrogen and oxygen atoms in total. The molecule has 98 valence electrons. The molecule has 0 amide bonds. The SMILES string of the molecule is Cc1ccccc1CNc1nccc(C)c1[N+](=O)[O-]. The lowest BCUT2D eigenvalue weighted by molar-refractivity contribution is -0.384. The van der Waals surface area contributed by atoms with E-state index in [4.69, 9.17) is 0 Å². The standard InChI is InChI=1S/C14H15N3O2/c1-10-5-3-4-6-12(10)9-16-14-13(17(18)19)11(2)7-8-15-14/h3-8H,9H2,1-2H3,(H,15,16). The Kier molecular flexibility index (Phi) is 3.75. The molecule has 2 rings (SSSR count). The second-order valence-electron chi connectivity index (χ2n) is 4.36. The minimum Gasteiger partial charge on any atom is -0.360 e. The predicted molar refractivity (Wildman–Crippen MR) is 74.1 cm³/mol. The third kappa shape index (κ3) is 2.88. The highest BCUT2D eigenvalue weighted by molar-refractivity contribution is 5.59. The first-order chi connectivity index (χ1) is 9.09. The van der Waals surface area contributed by atoms with Crippen LogP contribution in [0.5, 0.6) is 0 Å². The van der Waals surface area contributed by atoms with Crippen molar-refractivity contribution in [2.75, 3.05) is 5.32 Å². The maximum absolute atomic E-state index is 11.0. The lowest BCUT2D eigenvalue weighted by Gasteiger charge is -2.09. The lowest BCUT2D eigenvalue weighted by atomic mass is 10.1. The molecule has 0 aliphatic carbocycles. The average molecular weight is 257 g/mol.